The zero-order valence-electron chi connectivity index (χ0n) is 7.07. The van der Waals surface area contributed by atoms with Gasteiger partial charge in [-0.25, -0.2) is 0 Å². The minimum atomic E-state index is 0.560. The number of rotatable bonds is 3. The van der Waals surface area contributed by atoms with Crippen LogP contribution >= 0.6 is 0 Å². The molecule has 0 saturated carbocycles. The number of hydrogen-bond acceptors (Lipinski definition) is 1. The molecule has 58 valence electrons. The second-order valence-corrected chi connectivity index (χ2v) is 2.30. The molecule has 0 aliphatic carbocycles. The van der Waals surface area contributed by atoms with Gasteiger partial charge in [-0.15, -0.1) is 0 Å². The van der Waals surface area contributed by atoms with Gasteiger partial charge in [-0.05, 0) is 26.3 Å². The second kappa shape index (κ2) is 4.09. The molecule has 1 N–H and O–H groups in total. The molecule has 0 spiro atoms. The van der Waals surface area contributed by atoms with Crippen molar-refractivity contribution in [2.24, 2.45) is 0 Å². The largest absolute Gasteiger partial charge is 0.357 e. The molecular weight excluding hydrogens is 124 g/mol. The molecule has 2 nitrogen and oxygen atoms in total. The predicted octanol–water partition coefficient (Wildman–Crippen LogP) is 1.88. The Bertz CT molecular complexity index is 134. The van der Waals surface area contributed by atoms with Gasteiger partial charge in [0.15, 0.2) is 0 Å². The van der Waals surface area contributed by atoms with Gasteiger partial charge in [0, 0.05) is 13.1 Å². The van der Waals surface area contributed by atoms with E-state index in [-0.39, 0.29) is 0 Å². The first kappa shape index (κ1) is 9.21. The molecule has 0 aliphatic heterocycles. The molecule has 0 heterocycles. The van der Waals surface area contributed by atoms with E-state index in [0.717, 1.165) is 18.7 Å². The topological polar surface area (TPSA) is 27.1 Å². The smallest absolute Gasteiger partial charge is 0.122 e. The Morgan fingerprint density at radius 2 is 1.80 bits per heavy atom. The van der Waals surface area contributed by atoms with Gasteiger partial charge < -0.3 is 4.90 Å². The molecule has 0 aromatic carbocycles. The lowest BCUT2D eigenvalue weighted by molar-refractivity contribution is 0.463. The fourth-order valence-corrected chi connectivity index (χ4v) is 0.810. The molecule has 0 rings (SSSR count). The van der Waals surface area contributed by atoms with Crippen LogP contribution in [0, 0.1) is 5.41 Å². The highest BCUT2D eigenvalue weighted by Crippen LogP contribution is 1.97. The number of nitrogens with zero attached hydrogens (tertiary/aromatic N) is 1. The van der Waals surface area contributed by atoms with E-state index in [1.165, 1.54) is 0 Å². The number of hydrogen-bond donors (Lipinski definition) is 1. The summed E-state index contributed by atoms with van der Waals surface area (Å²) in [6.07, 6.45) is 0. The number of nitrogens with one attached hydrogen (secondary N) is 1. The fraction of sp³-hybridized carbons (Fsp3) is 0.625. The van der Waals surface area contributed by atoms with Crippen molar-refractivity contribution in [3.05, 3.63) is 12.2 Å². The lowest BCUT2D eigenvalue weighted by Crippen LogP contribution is -2.30. The molecule has 0 unspecified atom stereocenters. The normalized spacial score (nSPS) is 9.10. The molecular formula is C8H16N2. The highest BCUT2D eigenvalue weighted by molar-refractivity contribution is 5.94. The Labute approximate surface area is 63.0 Å². The van der Waals surface area contributed by atoms with Gasteiger partial charge in [0.05, 0.1) is 0 Å². The summed E-state index contributed by atoms with van der Waals surface area (Å²) in [6, 6.07) is 0. The zero-order chi connectivity index (χ0) is 8.15. The summed E-state index contributed by atoms with van der Waals surface area (Å²) >= 11 is 0. The van der Waals surface area contributed by atoms with Crippen molar-refractivity contribution in [3.8, 4) is 0 Å². The lowest BCUT2D eigenvalue weighted by atomic mass is 10.3. The molecule has 2 heteroatoms. The van der Waals surface area contributed by atoms with Crippen molar-refractivity contribution in [3.63, 3.8) is 0 Å². The monoisotopic (exact) mass is 140 g/mol. The first-order valence-electron chi connectivity index (χ1n) is 3.62. The van der Waals surface area contributed by atoms with Crippen LogP contribution in [-0.2, 0) is 0 Å². The highest BCUT2D eigenvalue weighted by atomic mass is 15.2. The highest BCUT2D eigenvalue weighted by Gasteiger charge is 2.03. The summed E-state index contributed by atoms with van der Waals surface area (Å²) in [7, 11) is 0. The van der Waals surface area contributed by atoms with Crippen LogP contribution in [0.1, 0.15) is 20.8 Å². The zero-order valence-corrected chi connectivity index (χ0v) is 7.07. The van der Waals surface area contributed by atoms with E-state index in [0.29, 0.717) is 5.84 Å². The van der Waals surface area contributed by atoms with Crippen LogP contribution in [0.15, 0.2) is 12.2 Å². The summed E-state index contributed by atoms with van der Waals surface area (Å²) in [5, 5.41) is 7.53. The molecule has 0 aromatic heterocycles. The molecule has 0 atom stereocenters. The molecule has 0 fully saturated rings. The summed E-state index contributed by atoms with van der Waals surface area (Å²) in [6.45, 7) is 11.4. The first-order valence-corrected chi connectivity index (χ1v) is 3.62. The maximum Gasteiger partial charge on any atom is 0.122 e. The van der Waals surface area contributed by atoms with Gasteiger partial charge in [0.2, 0.25) is 0 Å². The Kier molecular flexibility index (Phi) is 3.77. The molecule has 0 saturated heterocycles. The fourth-order valence-electron chi connectivity index (χ4n) is 0.810. The van der Waals surface area contributed by atoms with E-state index in [1.807, 2.05) is 25.7 Å². The van der Waals surface area contributed by atoms with Crippen LogP contribution in [0.5, 0.6) is 0 Å². The quantitative estimate of drug-likeness (QED) is 0.470. The average Bonchev–Trinajstić information content (AvgIpc) is 1.90. The summed E-state index contributed by atoms with van der Waals surface area (Å²) in [4.78, 5) is 1.97. The predicted molar refractivity (Wildman–Crippen MR) is 45.5 cm³/mol. The van der Waals surface area contributed by atoms with Gasteiger partial charge in [-0.3, -0.25) is 5.41 Å². The first-order chi connectivity index (χ1) is 4.63. The Hall–Kier alpha value is -0.790. The minimum absolute atomic E-state index is 0.560. The molecule has 0 radical (unpaired) electrons. The third-order valence-corrected chi connectivity index (χ3v) is 1.48. The van der Waals surface area contributed by atoms with E-state index >= 15 is 0 Å². The van der Waals surface area contributed by atoms with Crippen LogP contribution in [0.3, 0.4) is 0 Å². The minimum Gasteiger partial charge on any atom is -0.357 e. The molecule has 0 aliphatic rings. The average molecular weight is 140 g/mol. The van der Waals surface area contributed by atoms with E-state index in [2.05, 4.69) is 6.58 Å². The maximum atomic E-state index is 7.53. The third-order valence-electron chi connectivity index (χ3n) is 1.48. The number of amidine groups is 1. The lowest BCUT2D eigenvalue weighted by Gasteiger charge is -2.21. The second-order valence-electron chi connectivity index (χ2n) is 2.30. The Morgan fingerprint density at radius 1 is 1.40 bits per heavy atom. The van der Waals surface area contributed by atoms with Crippen molar-refractivity contribution >= 4 is 5.84 Å². The van der Waals surface area contributed by atoms with Gasteiger partial charge >= 0.3 is 0 Å². The van der Waals surface area contributed by atoms with Gasteiger partial charge in [-0.1, -0.05) is 6.58 Å². The van der Waals surface area contributed by atoms with Crippen LogP contribution in [0.2, 0.25) is 0 Å². The van der Waals surface area contributed by atoms with Crippen LogP contribution < -0.4 is 0 Å². The van der Waals surface area contributed by atoms with Crippen molar-refractivity contribution in [1.29, 1.82) is 5.41 Å². The van der Waals surface area contributed by atoms with Gasteiger partial charge in [0.25, 0.3) is 0 Å². The molecule has 0 bridgehead atoms. The van der Waals surface area contributed by atoms with Crippen molar-refractivity contribution in [2.75, 3.05) is 13.1 Å². The van der Waals surface area contributed by atoms with E-state index in [1.54, 1.807) is 0 Å². The van der Waals surface area contributed by atoms with E-state index in [9.17, 15) is 0 Å². The standard InChI is InChI=1S/C8H16N2/c1-5-10(6-2)8(9)7(3)4/h9H,3,5-6H2,1-2,4H3. The molecule has 10 heavy (non-hydrogen) atoms. The van der Waals surface area contributed by atoms with E-state index in [4.69, 9.17) is 5.41 Å². The van der Waals surface area contributed by atoms with Crippen molar-refractivity contribution in [1.82, 2.24) is 4.90 Å². The Morgan fingerprint density at radius 3 is 1.90 bits per heavy atom. The SMILES string of the molecule is C=C(C)C(=N)N(CC)CC. The van der Waals surface area contributed by atoms with Crippen molar-refractivity contribution in [2.45, 2.75) is 20.8 Å². The van der Waals surface area contributed by atoms with Crippen LogP contribution in [0.4, 0.5) is 0 Å². The third kappa shape index (κ3) is 2.21. The maximum absolute atomic E-state index is 7.53. The van der Waals surface area contributed by atoms with Crippen LogP contribution in [0.25, 0.3) is 0 Å². The molecule has 0 amide bonds. The van der Waals surface area contributed by atoms with Crippen LogP contribution in [-0.4, -0.2) is 23.8 Å². The Balaban J connectivity index is 4.02. The summed E-state index contributed by atoms with van der Waals surface area (Å²) in [5.74, 6) is 0.560. The number of likely N-dealkylation sites (N-methyl/N-ethyl adjacent to an activating group) is 1. The van der Waals surface area contributed by atoms with Gasteiger partial charge in [-0.2, -0.15) is 0 Å². The van der Waals surface area contributed by atoms with Gasteiger partial charge in [0.1, 0.15) is 5.84 Å². The van der Waals surface area contributed by atoms with E-state index < -0.39 is 0 Å². The molecule has 0 aromatic rings. The summed E-state index contributed by atoms with van der Waals surface area (Å²) in [5.41, 5.74) is 0.837. The van der Waals surface area contributed by atoms with Crippen molar-refractivity contribution < 1.29 is 0 Å². The summed E-state index contributed by atoms with van der Waals surface area (Å²) < 4.78 is 0.